The van der Waals surface area contributed by atoms with Gasteiger partial charge in [0.15, 0.2) is 0 Å². The molecule has 1 aliphatic rings. The van der Waals surface area contributed by atoms with Crippen LogP contribution in [0, 0.1) is 0 Å². The molecule has 1 aromatic heterocycles. The molecular formula is C17H23N3O. The third-order valence-electron chi connectivity index (χ3n) is 4.53. The first-order chi connectivity index (χ1) is 10.2. The molecule has 1 fully saturated rings. The molecule has 1 atom stereocenters. The van der Waals surface area contributed by atoms with E-state index in [4.69, 9.17) is 5.73 Å². The molecule has 1 saturated heterocycles. The summed E-state index contributed by atoms with van der Waals surface area (Å²) in [4.78, 5) is 18.1. The molecule has 0 aliphatic carbocycles. The van der Waals surface area contributed by atoms with Crippen LogP contribution >= 0.6 is 0 Å². The lowest BCUT2D eigenvalue weighted by Gasteiger charge is -2.28. The Labute approximate surface area is 125 Å². The number of carbonyl (C=O) groups excluding carboxylic acids is 1. The normalized spacial score (nSPS) is 19.7. The number of nitrogen functional groups attached to an aromatic ring is 1. The van der Waals surface area contributed by atoms with Crippen molar-refractivity contribution in [2.45, 2.75) is 45.1 Å². The van der Waals surface area contributed by atoms with Crippen molar-refractivity contribution >= 4 is 22.5 Å². The van der Waals surface area contributed by atoms with Crippen LogP contribution in [0.2, 0.25) is 0 Å². The molecule has 4 heteroatoms. The van der Waals surface area contributed by atoms with E-state index in [1.807, 2.05) is 29.2 Å². The smallest absolute Gasteiger partial charge is 0.270 e. The maximum atomic E-state index is 12.9. The van der Waals surface area contributed by atoms with Crippen molar-refractivity contribution in [3.63, 3.8) is 0 Å². The molecule has 1 unspecified atom stereocenters. The van der Waals surface area contributed by atoms with E-state index in [1.165, 1.54) is 12.8 Å². The quantitative estimate of drug-likeness (QED) is 0.829. The van der Waals surface area contributed by atoms with Gasteiger partial charge in [0.25, 0.3) is 5.91 Å². The van der Waals surface area contributed by atoms with Gasteiger partial charge in [-0.05, 0) is 31.4 Å². The second-order valence-electron chi connectivity index (χ2n) is 5.90. The topological polar surface area (TPSA) is 62.1 Å². The Morgan fingerprint density at radius 1 is 1.38 bits per heavy atom. The van der Waals surface area contributed by atoms with Gasteiger partial charge >= 0.3 is 0 Å². The summed E-state index contributed by atoms with van der Waals surface area (Å²) in [5.41, 5.74) is 8.18. The van der Waals surface area contributed by atoms with E-state index in [0.29, 0.717) is 17.4 Å². The van der Waals surface area contributed by atoms with Crippen LogP contribution in [0.25, 0.3) is 10.9 Å². The summed E-state index contributed by atoms with van der Waals surface area (Å²) in [6.07, 6.45) is 5.69. The fourth-order valence-corrected chi connectivity index (χ4v) is 3.32. The SMILES string of the molecule is CCC1CCCCCN1C(=O)c1cc2cccc(N)c2[nH]1. The first-order valence-corrected chi connectivity index (χ1v) is 7.89. The van der Waals surface area contributed by atoms with Crippen molar-refractivity contribution < 1.29 is 4.79 Å². The molecule has 0 saturated carbocycles. The van der Waals surface area contributed by atoms with Gasteiger partial charge in [-0.15, -0.1) is 0 Å². The molecule has 3 rings (SSSR count). The van der Waals surface area contributed by atoms with Crippen molar-refractivity contribution in [3.05, 3.63) is 30.0 Å². The van der Waals surface area contributed by atoms with Crippen LogP contribution in [0.1, 0.15) is 49.5 Å². The van der Waals surface area contributed by atoms with Crippen LogP contribution in [0.5, 0.6) is 0 Å². The van der Waals surface area contributed by atoms with E-state index in [9.17, 15) is 4.79 Å². The van der Waals surface area contributed by atoms with Crippen LogP contribution in [-0.2, 0) is 0 Å². The minimum absolute atomic E-state index is 0.111. The summed E-state index contributed by atoms with van der Waals surface area (Å²) < 4.78 is 0. The van der Waals surface area contributed by atoms with Crippen molar-refractivity contribution in [2.24, 2.45) is 0 Å². The fourth-order valence-electron chi connectivity index (χ4n) is 3.32. The maximum absolute atomic E-state index is 12.9. The Hall–Kier alpha value is -1.97. The van der Waals surface area contributed by atoms with Gasteiger partial charge in [0, 0.05) is 18.0 Å². The van der Waals surface area contributed by atoms with Crippen molar-refractivity contribution in [1.82, 2.24) is 9.88 Å². The van der Waals surface area contributed by atoms with Gasteiger partial charge in [-0.3, -0.25) is 4.79 Å². The van der Waals surface area contributed by atoms with E-state index in [1.54, 1.807) is 0 Å². The number of fused-ring (bicyclic) bond motifs is 1. The maximum Gasteiger partial charge on any atom is 0.270 e. The van der Waals surface area contributed by atoms with Crippen LogP contribution in [0.4, 0.5) is 5.69 Å². The summed E-state index contributed by atoms with van der Waals surface area (Å²) in [6.45, 7) is 3.03. The summed E-state index contributed by atoms with van der Waals surface area (Å²) in [5, 5.41) is 1.00. The van der Waals surface area contributed by atoms with E-state index < -0.39 is 0 Å². The average Bonchev–Trinajstić information content (AvgIpc) is 2.79. The molecular weight excluding hydrogens is 262 g/mol. The highest BCUT2D eigenvalue weighted by Gasteiger charge is 2.26. The predicted molar refractivity (Wildman–Crippen MR) is 86.3 cm³/mol. The van der Waals surface area contributed by atoms with Gasteiger partial charge in [0.1, 0.15) is 5.69 Å². The standard InChI is InChI=1S/C17H23N3O/c1-2-13-8-4-3-5-10-20(13)17(21)15-11-12-7-6-9-14(18)16(12)19-15/h6-7,9,11,13,19H,2-5,8,10,18H2,1H3. The molecule has 2 heterocycles. The molecule has 0 spiro atoms. The Bertz CT molecular complexity index is 647. The zero-order valence-corrected chi connectivity index (χ0v) is 12.6. The van der Waals surface area contributed by atoms with Gasteiger partial charge < -0.3 is 15.6 Å². The monoisotopic (exact) mass is 285 g/mol. The average molecular weight is 285 g/mol. The number of nitrogens with one attached hydrogen (secondary N) is 1. The highest BCUT2D eigenvalue weighted by Crippen LogP contribution is 2.25. The van der Waals surface area contributed by atoms with Crippen molar-refractivity contribution in [2.75, 3.05) is 12.3 Å². The molecule has 112 valence electrons. The molecule has 3 N–H and O–H groups in total. The molecule has 2 aromatic rings. The number of nitrogens with two attached hydrogens (primary N) is 1. The number of H-pyrrole nitrogens is 1. The van der Waals surface area contributed by atoms with Crippen molar-refractivity contribution in [1.29, 1.82) is 0 Å². The number of likely N-dealkylation sites (tertiary alicyclic amines) is 1. The molecule has 21 heavy (non-hydrogen) atoms. The van der Waals surface area contributed by atoms with E-state index in [2.05, 4.69) is 11.9 Å². The number of hydrogen-bond donors (Lipinski definition) is 2. The second kappa shape index (κ2) is 5.80. The van der Waals surface area contributed by atoms with Crippen LogP contribution in [-0.4, -0.2) is 28.4 Å². The number of rotatable bonds is 2. The summed E-state index contributed by atoms with van der Waals surface area (Å²) in [5.74, 6) is 0.111. The third kappa shape index (κ3) is 2.62. The van der Waals surface area contributed by atoms with Gasteiger partial charge in [-0.25, -0.2) is 0 Å². The zero-order chi connectivity index (χ0) is 14.8. The number of para-hydroxylation sites is 1. The summed E-state index contributed by atoms with van der Waals surface area (Å²) in [6, 6.07) is 8.04. The lowest BCUT2D eigenvalue weighted by molar-refractivity contribution is 0.0673. The zero-order valence-electron chi connectivity index (χ0n) is 12.6. The minimum atomic E-state index is 0.111. The Morgan fingerprint density at radius 3 is 3.00 bits per heavy atom. The first-order valence-electron chi connectivity index (χ1n) is 7.89. The predicted octanol–water partition coefficient (Wildman–Crippen LogP) is 3.54. The highest BCUT2D eigenvalue weighted by molar-refractivity contribution is 6.00. The number of aromatic amines is 1. The lowest BCUT2D eigenvalue weighted by atomic mass is 10.1. The van der Waals surface area contributed by atoms with E-state index >= 15 is 0 Å². The van der Waals surface area contributed by atoms with Crippen LogP contribution in [0.15, 0.2) is 24.3 Å². The van der Waals surface area contributed by atoms with Crippen LogP contribution in [0.3, 0.4) is 0 Å². The van der Waals surface area contributed by atoms with Crippen LogP contribution < -0.4 is 5.73 Å². The first kappa shape index (κ1) is 14.0. The van der Waals surface area contributed by atoms with Crippen molar-refractivity contribution in [3.8, 4) is 0 Å². The number of benzene rings is 1. The van der Waals surface area contributed by atoms with Gasteiger partial charge in [-0.2, -0.15) is 0 Å². The molecule has 0 radical (unpaired) electrons. The molecule has 1 aromatic carbocycles. The Balaban J connectivity index is 1.93. The number of anilines is 1. The second-order valence-corrected chi connectivity index (χ2v) is 5.90. The number of hydrogen-bond acceptors (Lipinski definition) is 2. The molecule has 1 amide bonds. The van der Waals surface area contributed by atoms with Gasteiger partial charge in [-0.1, -0.05) is 31.9 Å². The summed E-state index contributed by atoms with van der Waals surface area (Å²) >= 11 is 0. The molecule has 1 aliphatic heterocycles. The molecule has 4 nitrogen and oxygen atoms in total. The summed E-state index contributed by atoms with van der Waals surface area (Å²) in [7, 11) is 0. The van der Waals surface area contributed by atoms with Gasteiger partial charge in [0.2, 0.25) is 0 Å². The molecule has 0 bridgehead atoms. The number of nitrogens with zero attached hydrogens (tertiary/aromatic N) is 1. The van der Waals surface area contributed by atoms with E-state index in [0.717, 1.165) is 36.7 Å². The number of aromatic nitrogens is 1. The number of carbonyl (C=O) groups is 1. The Morgan fingerprint density at radius 2 is 2.24 bits per heavy atom. The highest BCUT2D eigenvalue weighted by atomic mass is 16.2. The fraction of sp³-hybridized carbons (Fsp3) is 0.471. The number of amides is 1. The third-order valence-corrected chi connectivity index (χ3v) is 4.53. The van der Waals surface area contributed by atoms with Gasteiger partial charge in [0.05, 0.1) is 11.2 Å². The van der Waals surface area contributed by atoms with E-state index in [-0.39, 0.29) is 5.91 Å². The largest absolute Gasteiger partial charge is 0.397 e. The lowest BCUT2D eigenvalue weighted by Crippen LogP contribution is -2.39. The Kier molecular flexibility index (Phi) is 3.86. The minimum Gasteiger partial charge on any atom is -0.397 e.